The van der Waals surface area contributed by atoms with Crippen LogP contribution in [0, 0.1) is 0 Å². The molecule has 0 spiro atoms. The predicted octanol–water partition coefficient (Wildman–Crippen LogP) is 0.384. The van der Waals surface area contributed by atoms with Crippen molar-refractivity contribution in [3.05, 3.63) is 42.2 Å². The van der Waals surface area contributed by atoms with E-state index < -0.39 is 5.91 Å². The van der Waals surface area contributed by atoms with Gasteiger partial charge in [-0.25, -0.2) is 0 Å². The Hall–Kier alpha value is -1.97. The SMILES string of the molecule is NC(=O)/C=C(/N)Nc1ccccc1. The van der Waals surface area contributed by atoms with E-state index in [2.05, 4.69) is 5.32 Å². The molecule has 1 aromatic rings. The van der Waals surface area contributed by atoms with Gasteiger partial charge in [-0.3, -0.25) is 4.79 Å². The maximum atomic E-state index is 10.4. The second-order valence-corrected chi connectivity index (χ2v) is 2.49. The summed E-state index contributed by atoms with van der Waals surface area (Å²) < 4.78 is 0. The monoisotopic (exact) mass is 177 g/mol. The quantitative estimate of drug-likeness (QED) is 0.584. The molecule has 0 saturated heterocycles. The van der Waals surface area contributed by atoms with E-state index in [9.17, 15) is 4.79 Å². The van der Waals surface area contributed by atoms with Gasteiger partial charge in [0.15, 0.2) is 0 Å². The van der Waals surface area contributed by atoms with Crippen LogP contribution in [-0.2, 0) is 4.79 Å². The molecule has 0 aliphatic rings. The minimum absolute atomic E-state index is 0.235. The number of nitrogens with two attached hydrogens (primary N) is 2. The van der Waals surface area contributed by atoms with E-state index >= 15 is 0 Å². The number of anilines is 1. The molecule has 0 atom stereocenters. The fraction of sp³-hybridized carbons (Fsp3) is 0. The number of primary amides is 1. The van der Waals surface area contributed by atoms with Gasteiger partial charge in [-0.1, -0.05) is 18.2 Å². The highest BCUT2D eigenvalue weighted by Gasteiger charge is 1.93. The second kappa shape index (κ2) is 4.15. The molecule has 4 heteroatoms. The summed E-state index contributed by atoms with van der Waals surface area (Å²) in [5.74, 6) is -0.334. The highest BCUT2D eigenvalue weighted by Crippen LogP contribution is 2.05. The molecule has 13 heavy (non-hydrogen) atoms. The Morgan fingerprint density at radius 2 is 1.85 bits per heavy atom. The van der Waals surface area contributed by atoms with Gasteiger partial charge in [0.05, 0.1) is 0 Å². The zero-order chi connectivity index (χ0) is 9.68. The summed E-state index contributed by atoms with van der Waals surface area (Å²) in [6.45, 7) is 0. The first-order chi connectivity index (χ1) is 6.18. The average molecular weight is 177 g/mol. The number of amides is 1. The predicted molar refractivity (Wildman–Crippen MR) is 51.5 cm³/mol. The molecule has 1 amide bonds. The highest BCUT2D eigenvalue weighted by molar-refractivity contribution is 5.86. The van der Waals surface area contributed by atoms with Gasteiger partial charge in [0.2, 0.25) is 5.91 Å². The topological polar surface area (TPSA) is 81.1 Å². The van der Waals surface area contributed by atoms with Crippen LogP contribution >= 0.6 is 0 Å². The standard InChI is InChI=1S/C9H11N3O/c10-8(6-9(11)13)12-7-4-2-1-3-5-7/h1-6,12H,10H2,(H2,11,13)/b8-6-. The molecule has 0 heterocycles. The maximum Gasteiger partial charge on any atom is 0.245 e. The first-order valence-corrected chi connectivity index (χ1v) is 3.77. The molecule has 1 aromatic carbocycles. The number of nitrogens with one attached hydrogen (secondary N) is 1. The highest BCUT2D eigenvalue weighted by atomic mass is 16.1. The fourth-order valence-electron chi connectivity index (χ4n) is 0.877. The molecular formula is C9H11N3O. The summed E-state index contributed by atoms with van der Waals surface area (Å²) in [5, 5.41) is 2.81. The van der Waals surface area contributed by atoms with Crippen LogP contribution in [0.3, 0.4) is 0 Å². The smallest absolute Gasteiger partial charge is 0.245 e. The number of hydrogen-bond donors (Lipinski definition) is 3. The van der Waals surface area contributed by atoms with Crippen LogP contribution in [0.15, 0.2) is 42.2 Å². The molecule has 0 fully saturated rings. The molecule has 1 rings (SSSR count). The molecule has 0 aliphatic heterocycles. The largest absolute Gasteiger partial charge is 0.385 e. The Balaban J connectivity index is 2.65. The van der Waals surface area contributed by atoms with E-state index in [0.29, 0.717) is 0 Å². The number of carbonyl (C=O) groups excluding carboxylic acids is 1. The van der Waals surface area contributed by atoms with Gasteiger partial charge < -0.3 is 16.8 Å². The van der Waals surface area contributed by atoms with E-state index in [1.165, 1.54) is 0 Å². The Morgan fingerprint density at radius 1 is 1.23 bits per heavy atom. The van der Waals surface area contributed by atoms with Crippen molar-refractivity contribution in [3.63, 3.8) is 0 Å². The molecule has 5 N–H and O–H groups in total. The van der Waals surface area contributed by atoms with Crippen molar-refractivity contribution in [1.82, 2.24) is 0 Å². The van der Waals surface area contributed by atoms with Crippen molar-refractivity contribution < 1.29 is 4.79 Å². The zero-order valence-corrected chi connectivity index (χ0v) is 7.03. The summed E-state index contributed by atoms with van der Waals surface area (Å²) in [7, 11) is 0. The van der Waals surface area contributed by atoms with Gasteiger partial charge in [-0.05, 0) is 12.1 Å². The van der Waals surface area contributed by atoms with Gasteiger partial charge in [-0.15, -0.1) is 0 Å². The summed E-state index contributed by atoms with van der Waals surface area (Å²) in [6.07, 6.45) is 1.13. The summed E-state index contributed by atoms with van der Waals surface area (Å²) in [4.78, 5) is 10.4. The first kappa shape index (κ1) is 9.12. The van der Waals surface area contributed by atoms with E-state index in [-0.39, 0.29) is 5.82 Å². The third kappa shape index (κ3) is 3.29. The zero-order valence-electron chi connectivity index (χ0n) is 7.03. The number of benzene rings is 1. The van der Waals surface area contributed by atoms with Crippen LogP contribution < -0.4 is 16.8 Å². The van der Waals surface area contributed by atoms with Crippen molar-refractivity contribution in [2.45, 2.75) is 0 Å². The van der Waals surface area contributed by atoms with E-state index in [1.54, 1.807) is 0 Å². The first-order valence-electron chi connectivity index (χ1n) is 3.77. The van der Waals surface area contributed by atoms with Crippen LogP contribution in [0.4, 0.5) is 5.69 Å². The molecule has 0 aromatic heterocycles. The van der Waals surface area contributed by atoms with Crippen LogP contribution in [0.25, 0.3) is 0 Å². The van der Waals surface area contributed by atoms with Gasteiger partial charge >= 0.3 is 0 Å². The third-order valence-corrected chi connectivity index (χ3v) is 1.36. The molecule has 4 nitrogen and oxygen atoms in total. The van der Waals surface area contributed by atoms with Gasteiger partial charge in [0.25, 0.3) is 0 Å². The van der Waals surface area contributed by atoms with Crippen LogP contribution in [0.2, 0.25) is 0 Å². The molecule has 0 bridgehead atoms. The number of hydrogen-bond acceptors (Lipinski definition) is 3. The van der Waals surface area contributed by atoms with E-state index in [1.807, 2.05) is 30.3 Å². The van der Waals surface area contributed by atoms with Crippen LogP contribution in [0.5, 0.6) is 0 Å². The molecule has 0 saturated carbocycles. The minimum atomic E-state index is -0.569. The summed E-state index contributed by atoms with van der Waals surface area (Å²) >= 11 is 0. The van der Waals surface area contributed by atoms with Crippen molar-refractivity contribution >= 4 is 11.6 Å². The van der Waals surface area contributed by atoms with Crippen molar-refractivity contribution in [2.75, 3.05) is 5.32 Å². The lowest BCUT2D eigenvalue weighted by Gasteiger charge is -2.04. The Morgan fingerprint density at radius 3 is 2.38 bits per heavy atom. The van der Waals surface area contributed by atoms with Gasteiger partial charge in [-0.2, -0.15) is 0 Å². The number of rotatable bonds is 3. The normalized spacial score (nSPS) is 10.9. The van der Waals surface area contributed by atoms with Crippen molar-refractivity contribution in [2.24, 2.45) is 11.5 Å². The summed E-state index contributed by atoms with van der Waals surface area (Å²) in [5.41, 5.74) is 11.2. The lowest BCUT2D eigenvalue weighted by atomic mass is 10.3. The Bertz CT molecular complexity index is 319. The summed E-state index contributed by atoms with van der Waals surface area (Å²) in [6, 6.07) is 9.28. The molecular weight excluding hydrogens is 166 g/mol. The average Bonchev–Trinajstić information content (AvgIpc) is 2.04. The third-order valence-electron chi connectivity index (χ3n) is 1.36. The Kier molecular flexibility index (Phi) is 2.92. The minimum Gasteiger partial charge on any atom is -0.385 e. The molecule has 0 radical (unpaired) electrons. The second-order valence-electron chi connectivity index (χ2n) is 2.49. The lowest BCUT2D eigenvalue weighted by molar-refractivity contribution is -0.113. The molecule has 68 valence electrons. The van der Waals surface area contributed by atoms with Gasteiger partial charge in [0, 0.05) is 11.8 Å². The van der Waals surface area contributed by atoms with Crippen molar-refractivity contribution in [1.29, 1.82) is 0 Å². The van der Waals surface area contributed by atoms with Crippen LogP contribution in [0.1, 0.15) is 0 Å². The lowest BCUT2D eigenvalue weighted by Crippen LogP contribution is -2.15. The van der Waals surface area contributed by atoms with Crippen molar-refractivity contribution in [3.8, 4) is 0 Å². The van der Waals surface area contributed by atoms with E-state index in [0.717, 1.165) is 11.8 Å². The fourth-order valence-corrected chi connectivity index (χ4v) is 0.877. The van der Waals surface area contributed by atoms with E-state index in [4.69, 9.17) is 11.5 Å². The van der Waals surface area contributed by atoms with Crippen LogP contribution in [-0.4, -0.2) is 5.91 Å². The Labute approximate surface area is 76.2 Å². The molecule has 0 aliphatic carbocycles. The number of para-hydroxylation sites is 1. The molecule has 0 unspecified atom stereocenters. The van der Waals surface area contributed by atoms with Gasteiger partial charge in [0.1, 0.15) is 5.82 Å². The maximum absolute atomic E-state index is 10.4. The number of carbonyl (C=O) groups is 1.